The van der Waals surface area contributed by atoms with E-state index < -0.39 is 5.97 Å². The number of pyridine rings is 1. The quantitative estimate of drug-likeness (QED) is 0.629. The minimum atomic E-state index is -0.442. The van der Waals surface area contributed by atoms with Crippen LogP contribution in [0.1, 0.15) is 15.9 Å². The predicted octanol–water partition coefficient (Wildman–Crippen LogP) is 1.70. The summed E-state index contributed by atoms with van der Waals surface area (Å²) in [6, 6.07) is 1.61. The second-order valence-corrected chi connectivity index (χ2v) is 3.06. The predicted molar refractivity (Wildman–Crippen MR) is 59.7 cm³/mol. The van der Waals surface area contributed by atoms with Crippen molar-refractivity contribution < 1.29 is 9.53 Å². The molecule has 0 aromatic carbocycles. The molecule has 1 heterocycles. The Morgan fingerprint density at radius 2 is 2.47 bits per heavy atom. The molecule has 4 nitrogen and oxygen atoms in total. The zero-order chi connectivity index (χ0) is 11.3. The maximum atomic E-state index is 11.2. The largest absolute Gasteiger partial charge is 0.465 e. The number of aromatic nitrogens is 1. The Hall–Kier alpha value is -1.55. The van der Waals surface area contributed by atoms with Crippen LogP contribution in [0.25, 0.3) is 6.08 Å². The van der Waals surface area contributed by atoms with E-state index in [9.17, 15) is 4.79 Å². The van der Waals surface area contributed by atoms with Crippen molar-refractivity contribution in [2.75, 3.05) is 18.7 Å². The zero-order valence-corrected chi connectivity index (χ0v) is 8.99. The number of nitrogen functional groups attached to an aromatic ring is 1. The third-order valence-electron chi connectivity index (χ3n) is 1.76. The van der Waals surface area contributed by atoms with Crippen LogP contribution in [0.3, 0.4) is 0 Å². The number of halogens is 1. The van der Waals surface area contributed by atoms with Crippen LogP contribution in [-0.4, -0.2) is 23.9 Å². The molecule has 0 aliphatic rings. The molecule has 0 saturated carbocycles. The number of methoxy groups -OCH3 is 1. The number of nitrogens with two attached hydrogens (primary N) is 1. The van der Waals surface area contributed by atoms with Gasteiger partial charge in [0.2, 0.25) is 0 Å². The van der Waals surface area contributed by atoms with Crippen molar-refractivity contribution in [1.29, 1.82) is 0 Å². The number of alkyl halides is 1. The SMILES string of the molecule is COC(=O)c1cnc(N)c(C=CCCl)c1. The summed E-state index contributed by atoms with van der Waals surface area (Å²) in [4.78, 5) is 15.1. The number of hydrogen-bond donors (Lipinski definition) is 1. The van der Waals surface area contributed by atoms with Crippen molar-refractivity contribution in [2.45, 2.75) is 0 Å². The first-order valence-electron chi connectivity index (χ1n) is 4.25. The summed E-state index contributed by atoms with van der Waals surface area (Å²) in [6.07, 6.45) is 4.80. The number of ether oxygens (including phenoxy) is 1. The number of carbonyl (C=O) groups excluding carboxylic acids is 1. The molecular weight excluding hydrogens is 216 g/mol. The average Bonchev–Trinajstić information content (AvgIpc) is 2.27. The monoisotopic (exact) mass is 226 g/mol. The van der Waals surface area contributed by atoms with E-state index in [1.807, 2.05) is 0 Å². The Balaban J connectivity index is 3.05. The van der Waals surface area contributed by atoms with Gasteiger partial charge in [0.25, 0.3) is 0 Å². The van der Waals surface area contributed by atoms with Crippen molar-refractivity contribution >= 4 is 29.5 Å². The van der Waals surface area contributed by atoms with Gasteiger partial charge < -0.3 is 10.5 Å². The summed E-state index contributed by atoms with van der Waals surface area (Å²) >= 11 is 5.49. The average molecular weight is 227 g/mol. The summed E-state index contributed by atoms with van der Waals surface area (Å²) < 4.78 is 4.57. The Kier molecular flexibility index (Phi) is 4.12. The molecule has 80 valence electrons. The molecule has 0 bridgehead atoms. The number of hydrogen-bond acceptors (Lipinski definition) is 4. The normalized spacial score (nSPS) is 10.5. The van der Waals surface area contributed by atoms with E-state index in [2.05, 4.69) is 9.72 Å². The number of rotatable bonds is 3. The topological polar surface area (TPSA) is 65.2 Å². The Morgan fingerprint density at radius 1 is 1.73 bits per heavy atom. The maximum absolute atomic E-state index is 11.2. The van der Waals surface area contributed by atoms with Crippen LogP contribution in [0.4, 0.5) is 5.82 Å². The number of carbonyl (C=O) groups is 1. The lowest BCUT2D eigenvalue weighted by molar-refractivity contribution is 0.0600. The number of allylic oxidation sites excluding steroid dienone is 1. The van der Waals surface area contributed by atoms with Crippen molar-refractivity contribution in [3.8, 4) is 0 Å². The summed E-state index contributed by atoms with van der Waals surface area (Å²) in [6.45, 7) is 0. The van der Waals surface area contributed by atoms with Crippen molar-refractivity contribution in [1.82, 2.24) is 4.98 Å². The molecule has 0 amide bonds. The van der Waals surface area contributed by atoms with Gasteiger partial charge in [-0.1, -0.05) is 12.2 Å². The summed E-state index contributed by atoms with van der Waals surface area (Å²) in [5.41, 5.74) is 6.63. The van der Waals surface area contributed by atoms with E-state index in [1.54, 1.807) is 18.2 Å². The van der Waals surface area contributed by atoms with Gasteiger partial charge in [0.1, 0.15) is 5.82 Å². The molecule has 0 atom stereocenters. The van der Waals surface area contributed by atoms with E-state index in [-0.39, 0.29) is 0 Å². The molecule has 0 unspecified atom stereocenters. The van der Waals surface area contributed by atoms with Gasteiger partial charge in [-0.15, -0.1) is 11.6 Å². The van der Waals surface area contributed by atoms with Crippen LogP contribution in [0.5, 0.6) is 0 Å². The Morgan fingerprint density at radius 3 is 3.07 bits per heavy atom. The third-order valence-corrected chi connectivity index (χ3v) is 1.94. The standard InChI is InChI=1S/C10H11ClN2O2/c1-15-10(14)8-5-7(3-2-4-11)9(12)13-6-8/h2-3,5-6H,4H2,1H3,(H2,12,13). The van der Waals surface area contributed by atoms with Gasteiger partial charge in [-0.2, -0.15) is 0 Å². The van der Waals surface area contributed by atoms with E-state index in [4.69, 9.17) is 17.3 Å². The molecule has 5 heteroatoms. The lowest BCUT2D eigenvalue weighted by atomic mass is 10.2. The summed E-state index contributed by atoms with van der Waals surface area (Å²) in [5.74, 6) is 0.286. The molecule has 2 N–H and O–H groups in total. The number of esters is 1. The third kappa shape index (κ3) is 2.95. The fourth-order valence-corrected chi connectivity index (χ4v) is 1.12. The highest BCUT2D eigenvalue weighted by atomic mass is 35.5. The van der Waals surface area contributed by atoms with E-state index in [1.165, 1.54) is 13.3 Å². The molecule has 15 heavy (non-hydrogen) atoms. The molecule has 0 radical (unpaired) electrons. The molecule has 1 aromatic heterocycles. The molecule has 1 aromatic rings. The van der Waals surface area contributed by atoms with Gasteiger partial charge in [-0.05, 0) is 6.07 Å². The van der Waals surface area contributed by atoms with Gasteiger partial charge in [0, 0.05) is 17.6 Å². The van der Waals surface area contributed by atoms with E-state index in [0.717, 1.165) is 0 Å². The van der Waals surface area contributed by atoms with Crippen LogP contribution in [0, 0.1) is 0 Å². The van der Waals surface area contributed by atoms with Crippen molar-refractivity contribution in [3.05, 3.63) is 29.5 Å². The highest BCUT2D eigenvalue weighted by molar-refractivity contribution is 6.19. The molecule has 1 rings (SSSR count). The van der Waals surface area contributed by atoms with Gasteiger partial charge in [0.15, 0.2) is 0 Å². The first-order chi connectivity index (χ1) is 7.19. The van der Waals surface area contributed by atoms with E-state index >= 15 is 0 Å². The van der Waals surface area contributed by atoms with Gasteiger partial charge in [-0.25, -0.2) is 9.78 Å². The zero-order valence-electron chi connectivity index (χ0n) is 8.24. The molecule has 0 fully saturated rings. The van der Waals surface area contributed by atoms with Gasteiger partial charge in [0.05, 0.1) is 12.7 Å². The number of anilines is 1. The summed E-state index contributed by atoms with van der Waals surface area (Å²) in [5, 5.41) is 0. The lowest BCUT2D eigenvalue weighted by Crippen LogP contribution is -2.04. The smallest absolute Gasteiger partial charge is 0.339 e. The minimum absolute atomic E-state index is 0.351. The summed E-state index contributed by atoms with van der Waals surface area (Å²) in [7, 11) is 1.31. The van der Waals surface area contributed by atoms with Gasteiger partial charge >= 0.3 is 5.97 Å². The van der Waals surface area contributed by atoms with Gasteiger partial charge in [-0.3, -0.25) is 0 Å². The first-order valence-corrected chi connectivity index (χ1v) is 4.79. The Bertz CT molecular complexity index is 391. The van der Waals surface area contributed by atoms with Crippen LogP contribution >= 0.6 is 11.6 Å². The number of nitrogens with zero attached hydrogens (tertiary/aromatic N) is 1. The van der Waals surface area contributed by atoms with Crippen molar-refractivity contribution in [2.24, 2.45) is 0 Å². The molecule has 0 aliphatic heterocycles. The molecular formula is C10H11ClN2O2. The highest BCUT2D eigenvalue weighted by Crippen LogP contribution is 2.13. The van der Waals surface area contributed by atoms with E-state index in [0.29, 0.717) is 22.8 Å². The van der Waals surface area contributed by atoms with Crippen molar-refractivity contribution in [3.63, 3.8) is 0 Å². The second kappa shape index (κ2) is 5.36. The fraction of sp³-hybridized carbons (Fsp3) is 0.200. The second-order valence-electron chi connectivity index (χ2n) is 2.75. The molecule has 0 saturated heterocycles. The molecule has 0 spiro atoms. The minimum Gasteiger partial charge on any atom is -0.465 e. The lowest BCUT2D eigenvalue weighted by Gasteiger charge is -2.02. The highest BCUT2D eigenvalue weighted by Gasteiger charge is 2.07. The fourth-order valence-electron chi connectivity index (χ4n) is 1.03. The first kappa shape index (κ1) is 11.5. The van der Waals surface area contributed by atoms with Crippen LogP contribution in [0.2, 0.25) is 0 Å². The van der Waals surface area contributed by atoms with Crippen LogP contribution < -0.4 is 5.73 Å². The molecule has 0 aliphatic carbocycles. The maximum Gasteiger partial charge on any atom is 0.339 e. The Labute approximate surface area is 92.7 Å². The van der Waals surface area contributed by atoms with Crippen LogP contribution in [-0.2, 0) is 4.74 Å². The van der Waals surface area contributed by atoms with Crippen LogP contribution in [0.15, 0.2) is 18.3 Å².